The number of rotatable bonds is 6. The summed E-state index contributed by atoms with van der Waals surface area (Å²) < 4.78 is 5.47. The highest BCUT2D eigenvalue weighted by atomic mass is 32.1. The molecule has 2 aliphatic rings. The molecule has 7 nitrogen and oxygen atoms in total. The van der Waals surface area contributed by atoms with Crippen molar-refractivity contribution in [3.05, 3.63) is 40.8 Å². The van der Waals surface area contributed by atoms with Gasteiger partial charge in [0.25, 0.3) is 5.91 Å². The molecule has 29 heavy (non-hydrogen) atoms. The summed E-state index contributed by atoms with van der Waals surface area (Å²) in [4.78, 5) is 44.3. The van der Waals surface area contributed by atoms with Gasteiger partial charge in [0.15, 0.2) is 5.78 Å². The molecule has 2 amide bonds. The quantitative estimate of drug-likeness (QED) is 0.785. The molecule has 2 saturated heterocycles. The number of ether oxygens (including phenoxy) is 1. The Hall–Kier alpha value is -2.58. The second-order valence-electron chi connectivity index (χ2n) is 7.34. The second kappa shape index (κ2) is 8.42. The van der Waals surface area contributed by atoms with Crippen LogP contribution >= 0.6 is 11.3 Å². The zero-order valence-electron chi connectivity index (χ0n) is 16.2. The van der Waals surface area contributed by atoms with E-state index in [0.717, 1.165) is 17.5 Å². The molecule has 2 fully saturated rings. The minimum absolute atomic E-state index is 0.0539. The Kier molecular flexibility index (Phi) is 5.73. The number of nitrogens with zero attached hydrogens (tertiary/aromatic N) is 2. The van der Waals surface area contributed by atoms with Crippen LogP contribution in [0.5, 0.6) is 0 Å². The molecule has 8 heteroatoms. The number of carbonyl (C=O) groups excluding carboxylic acids is 3. The Morgan fingerprint density at radius 2 is 2.28 bits per heavy atom. The van der Waals surface area contributed by atoms with E-state index in [1.807, 2.05) is 30.5 Å². The number of amides is 2. The summed E-state index contributed by atoms with van der Waals surface area (Å²) >= 11 is 1.33. The molecule has 1 N–H and O–H groups in total. The molecule has 152 valence electrons. The summed E-state index contributed by atoms with van der Waals surface area (Å²) in [6, 6.07) is 4.44. The number of carbonyl (C=O) groups is 3. The van der Waals surface area contributed by atoms with Gasteiger partial charge in [-0.25, -0.2) is 0 Å². The lowest BCUT2D eigenvalue weighted by molar-refractivity contribution is -0.138. The Morgan fingerprint density at radius 1 is 1.41 bits per heavy atom. The first-order valence-corrected chi connectivity index (χ1v) is 10.7. The number of likely N-dealkylation sites (tertiary alicyclic amines) is 1. The van der Waals surface area contributed by atoms with E-state index in [-0.39, 0.29) is 30.3 Å². The number of fused-ring (bicyclic) bond motifs is 1. The van der Waals surface area contributed by atoms with Crippen molar-refractivity contribution < 1.29 is 19.1 Å². The summed E-state index contributed by atoms with van der Waals surface area (Å²) in [7, 11) is 0. The SMILES string of the molecule is CCCC(NC(=O)c1cc(-c2cccnc2)cs1)C(=O)N1CCC2OCC(=O)C21. The van der Waals surface area contributed by atoms with Gasteiger partial charge < -0.3 is 15.0 Å². The maximum Gasteiger partial charge on any atom is 0.262 e. The Bertz CT molecular complexity index is 914. The van der Waals surface area contributed by atoms with Gasteiger partial charge in [-0.2, -0.15) is 0 Å². The van der Waals surface area contributed by atoms with Gasteiger partial charge in [-0.3, -0.25) is 19.4 Å². The smallest absolute Gasteiger partial charge is 0.262 e. The molecule has 4 heterocycles. The molecule has 2 aromatic rings. The third-order valence-corrected chi connectivity index (χ3v) is 6.32. The maximum atomic E-state index is 13.1. The molecular weight excluding hydrogens is 390 g/mol. The monoisotopic (exact) mass is 413 g/mol. The highest BCUT2D eigenvalue weighted by molar-refractivity contribution is 7.12. The summed E-state index contributed by atoms with van der Waals surface area (Å²) in [6.07, 6.45) is 5.17. The van der Waals surface area contributed by atoms with Gasteiger partial charge in [0.05, 0.1) is 11.0 Å². The first-order chi connectivity index (χ1) is 14.1. The van der Waals surface area contributed by atoms with Crippen molar-refractivity contribution in [3.63, 3.8) is 0 Å². The van der Waals surface area contributed by atoms with Crippen LogP contribution < -0.4 is 5.32 Å². The predicted octanol–water partition coefficient (Wildman–Crippen LogP) is 2.28. The van der Waals surface area contributed by atoms with E-state index in [2.05, 4.69) is 10.3 Å². The van der Waals surface area contributed by atoms with Gasteiger partial charge in [-0.1, -0.05) is 19.4 Å². The van der Waals surface area contributed by atoms with E-state index < -0.39 is 12.1 Å². The van der Waals surface area contributed by atoms with E-state index in [1.165, 1.54) is 11.3 Å². The number of pyridine rings is 1. The summed E-state index contributed by atoms with van der Waals surface area (Å²) in [5.41, 5.74) is 1.86. The average Bonchev–Trinajstić information content (AvgIpc) is 3.46. The van der Waals surface area contributed by atoms with E-state index in [1.54, 1.807) is 17.3 Å². The van der Waals surface area contributed by atoms with Gasteiger partial charge in [0.1, 0.15) is 18.7 Å². The lowest BCUT2D eigenvalue weighted by atomic mass is 10.1. The third kappa shape index (κ3) is 3.95. The largest absolute Gasteiger partial charge is 0.368 e. The first kappa shape index (κ1) is 19.7. The van der Waals surface area contributed by atoms with Crippen LogP contribution in [0.15, 0.2) is 36.0 Å². The molecule has 0 bridgehead atoms. The Morgan fingerprint density at radius 3 is 3.03 bits per heavy atom. The van der Waals surface area contributed by atoms with Gasteiger partial charge in [0.2, 0.25) is 5.91 Å². The number of nitrogens with one attached hydrogen (secondary N) is 1. The van der Waals surface area contributed by atoms with Crippen LogP contribution in [0.4, 0.5) is 0 Å². The van der Waals surface area contributed by atoms with Crippen molar-refractivity contribution in [1.82, 2.24) is 15.2 Å². The number of thiophene rings is 1. The zero-order chi connectivity index (χ0) is 20.4. The fraction of sp³-hybridized carbons (Fsp3) is 0.429. The van der Waals surface area contributed by atoms with E-state index in [4.69, 9.17) is 4.74 Å². The second-order valence-corrected chi connectivity index (χ2v) is 8.25. The van der Waals surface area contributed by atoms with Crippen molar-refractivity contribution in [2.75, 3.05) is 13.2 Å². The lowest BCUT2D eigenvalue weighted by Gasteiger charge is -2.27. The average molecular weight is 413 g/mol. The minimum atomic E-state index is -0.649. The molecule has 0 spiro atoms. The topological polar surface area (TPSA) is 88.6 Å². The number of ketones is 1. The van der Waals surface area contributed by atoms with Crippen LogP contribution in [0.3, 0.4) is 0 Å². The summed E-state index contributed by atoms with van der Waals surface area (Å²) in [5.74, 6) is -0.529. The summed E-state index contributed by atoms with van der Waals surface area (Å²) in [5, 5.41) is 4.79. The first-order valence-electron chi connectivity index (χ1n) is 9.83. The van der Waals surface area contributed by atoms with Crippen LogP contribution in [0, 0.1) is 0 Å². The fourth-order valence-corrected chi connectivity index (χ4v) is 4.78. The van der Waals surface area contributed by atoms with Crippen molar-refractivity contribution >= 4 is 28.9 Å². The van der Waals surface area contributed by atoms with Crippen molar-refractivity contribution in [1.29, 1.82) is 0 Å². The molecule has 2 aliphatic heterocycles. The van der Waals surface area contributed by atoms with Gasteiger partial charge in [0, 0.05) is 24.5 Å². The molecule has 0 aromatic carbocycles. The van der Waals surface area contributed by atoms with Gasteiger partial charge in [-0.05, 0) is 35.9 Å². The molecule has 0 aliphatic carbocycles. The normalized spacial score (nSPS) is 21.8. The Balaban J connectivity index is 1.47. The number of aromatic nitrogens is 1. The van der Waals surface area contributed by atoms with Crippen LogP contribution in [-0.2, 0) is 14.3 Å². The third-order valence-electron chi connectivity index (χ3n) is 5.39. The molecule has 0 saturated carbocycles. The lowest BCUT2D eigenvalue weighted by Crippen LogP contribution is -2.52. The van der Waals surface area contributed by atoms with Crippen molar-refractivity contribution in [2.24, 2.45) is 0 Å². The zero-order valence-corrected chi connectivity index (χ0v) is 17.0. The summed E-state index contributed by atoms with van der Waals surface area (Å²) in [6.45, 7) is 2.52. The molecule has 4 rings (SSSR count). The molecular formula is C21H23N3O4S. The van der Waals surface area contributed by atoms with Crippen LogP contribution in [-0.4, -0.2) is 58.8 Å². The molecule has 3 atom stereocenters. The molecule has 2 aromatic heterocycles. The Labute approximate surface area is 173 Å². The predicted molar refractivity (Wildman–Crippen MR) is 109 cm³/mol. The van der Waals surface area contributed by atoms with Crippen LogP contribution in [0.25, 0.3) is 11.1 Å². The van der Waals surface area contributed by atoms with E-state index >= 15 is 0 Å². The van der Waals surface area contributed by atoms with E-state index in [0.29, 0.717) is 24.3 Å². The standard InChI is InChI=1S/C21H23N3O4S/c1-2-4-15(21(27)24-8-6-17-19(24)16(25)11-28-17)23-20(26)18-9-14(12-29-18)13-5-3-7-22-10-13/h3,5,7,9-10,12,15,17,19H,2,4,6,8,11H2,1H3,(H,23,26). The minimum Gasteiger partial charge on any atom is -0.368 e. The highest BCUT2D eigenvalue weighted by Gasteiger charge is 2.47. The molecule has 3 unspecified atom stereocenters. The number of hydrogen-bond donors (Lipinski definition) is 1. The molecule has 0 radical (unpaired) electrons. The fourth-order valence-electron chi connectivity index (χ4n) is 3.96. The van der Waals surface area contributed by atoms with Gasteiger partial charge >= 0.3 is 0 Å². The van der Waals surface area contributed by atoms with Crippen molar-refractivity contribution in [2.45, 2.75) is 44.4 Å². The number of hydrogen-bond acceptors (Lipinski definition) is 6. The van der Waals surface area contributed by atoms with E-state index in [9.17, 15) is 14.4 Å². The van der Waals surface area contributed by atoms with Crippen LogP contribution in [0.2, 0.25) is 0 Å². The van der Waals surface area contributed by atoms with Crippen molar-refractivity contribution in [3.8, 4) is 11.1 Å². The highest BCUT2D eigenvalue weighted by Crippen LogP contribution is 2.28. The number of Topliss-reactive ketones (excluding diaryl/α,β-unsaturated/α-hetero) is 1. The van der Waals surface area contributed by atoms with Gasteiger partial charge in [-0.15, -0.1) is 11.3 Å². The van der Waals surface area contributed by atoms with Crippen LogP contribution in [0.1, 0.15) is 35.9 Å². The maximum absolute atomic E-state index is 13.1.